The van der Waals surface area contributed by atoms with Gasteiger partial charge in [0.05, 0.1) is 0 Å². The smallest absolute Gasteiger partial charge is 0.224 e. The van der Waals surface area contributed by atoms with Gasteiger partial charge >= 0.3 is 0 Å². The van der Waals surface area contributed by atoms with E-state index in [4.69, 9.17) is 0 Å². The molecule has 1 aromatic carbocycles. The Labute approximate surface area is 148 Å². The molecule has 1 saturated heterocycles. The second kappa shape index (κ2) is 7.35. The number of benzene rings is 1. The Morgan fingerprint density at radius 3 is 2.44 bits per heavy atom. The molecule has 1 amide bonds. The zero-order valence-electron chi connectivity index (χ0n) is 14.5. The summed E-state index contributed by atoms with van der Waals surface area (Å²) < 4.78 is 1.86. The van der Waals surface area contributed by atoms with Crippen molar-refractivity contribution in [3.63, 3.8) is 0 Å². The maximum absolute atomic E-state index is 12.5. The van der Waals surface area contributed by atoms with E-state index in [0.717, 1.165) is 45.4 Å². The average Bonchev–Trinajstić information content (AvgIpc) is 3.23. The molecule has 4 rings (SSSR count). The number of nitrogens with zero attached hydrogens (tertiary/aromatic N) is 5. The molecule has 1 fully saturated rings. The van der Waals surface area contributed by atoms with Gasteiger partial charge in [-0.25, -0.2) is 0 Å². The fourth-order valence-corrected chi connectivity index (χ4v) is 4.07. The van der Waals surface area contributed by atoms with Crippen molar-refractivity contribution in [2.45, 2.75) is 38.3 Å². The Balaban J connectivity index is 1.29. The lowest BCUT2D eigenvalue weighted by atomic mass is 10.1. The maximum Gasteiger partial charge on any atom is 0.224 e. The zero-order valence-corrected chi connectivity index (χ0v) is 14.5. The monoisotopic (exact) mass is 339 g/mol. The van der Waals surface area contributed by atoms with Gasteiger partial charge in [-0.1, -0.05) is 24.3 Å². The van der Waals surface area contributed by atoms with Crippen molar-refractivity contribution in [2.75, 3.05) is 26.2 Å². The van der Waals surface area contributed by atoms with Crippen LogP contribution < -0.4 is 0 Å². The predicted molar refractivity (Wildman–Crippen MR) is 95.0 cm³/mol. The molecule has 0 atom stereocenters. The minimum Gasteiger partial charge on any atom is -0.341 e. The molecule has 0 N–H and O–H groups in total. The van der Waals surface area contributed by atoms with Gasteiger partial charge in [0, 0.05) is 45.2 Å². The molecule has 2 heterocycles. The van der Waals surface area contributed by atoms with Crippen molar-refractivity contribution in [2.24, 2.45) is 0 Å². The van der Waals surface area contributed by atoms with Gasteiger partial charge in [-0.15, -0.1) is 10.2 Å². The number of carbonyl (C=O) groups is 1. The van der Waals surface area contributed by atoms with Crippen LogP contribution in [0.15, 0.2) is 36.9 Å². The Hall–Kier alpha value is -2.21. The average molecular weight is 339 g/mol. The quantitative estimate of drug-likeness (QED) is 0.844. The molecular weight excluding hydrogens is 314 g/mol. The number of fused-ring (bicyclic) bond motifs is 1. The number of rotatable bonds is 4. The van der Waals surface area contributed by atoms with E-state index in [1.807, 2.05) is 9.47 Å². The van der Waals surface area contributed by atoms with Crippen molar-refractivity contribution in [1.82, 2.24) is 24.6 Å². The lowest BCUT2D eigenvalue weighted by molar-refractivity contribution is -0.131. The molecule has 2 aliphatic rings. The summed E-state index contributed by atoms with van der Waals surface area (Å²) in [5.74, 6) is 0.241. The molecule has 1 aliphatic heterocycles. The van der Waals surface area contributed by atoms with E-state index in [1.54, 1.807) is 12.7 Å². The van der Waals surface area contributed by atoms with Gasteiger partial charge in [0.15, 0.2) is 0 Å². The lowest BCUT2D eigenvalue weighted by Crippen LogP contribution is -2.40. The standard InChI is InChI=1S/C19H25N5O/c25-19(6-9-22-14-20-21-15-22)24-8-3-7-23(10-11-24)18-12-16-4-1-2-5-17(16)13-18/h1-2,4-5,14-15,18H,3,6-13H2. The van der Waals surface area contributed by atoms with Crippen LogP contribution in [0.25, 0.3) is 0 Å². The molecule has 1 aliphatic carbocycles. The van der Waals surface area contributed by atoms with Crippen LogP contribution in [0.1, 0.15) is 24.0 Å². The highest BCUT2D eigenvalue weighted by Crippen LogP contribution is 2.26. The SMILES string of the molecule is O=C(CCn1cnnc1)N1CCCN(C2Cc3ccccc3C2)CC1. The van der Waals surface area contributed by atoms with Crippen molar-refractivity contribution >= 4 is 5.91 Å². The molecule has 6 heteroatoms. The molecule has 0 unspecified atom stereocenters. The number of carbonyl (C=O) groups excluding carboxylic acids is 1. The first-order valence-electron chi connectivity index (χ1n) is 9.20. The Bertz CT molecular complexity index is 689. The summed E-state index contributed by atoms with van der Waals surface area (Å²) in [6, 6.07) is 9.39. The van der Waals surface area contributed by atoms with E-state index >= 15 is 0 Å². The fraction of sp³-hybridized carbons (Fsp3) is 0.526. The molecule has 6 nitrogen and oxygen atoms in total. The summed E-state index contributed by atoms with van der Waals surface area (Å²) in [6.45, 7) is 4.44. The number of amides is 1. The van der Waals surface area contributed by atoms with E-state index in [-0.39, 0.29) is 5.91 Å². The Kier molecular flexibility index (Phi) is 4.78. The van der Waals surface area contributed by atoms with Crippen LogP contribution >= 0.6 is 0 Å². The van der Waals surface area contributed by atoms with Crippen LogP contribution in [-0.2, 0) is 24.2 Å². The molecule has 1 aromatic heterocycles. The molecule has 2 aromatic rings. The summed E-state index contributed by atoms with van der Waals surface area (Å²) in [7, 11) is 0. The summed E-state index contributed by atoms with van der Waals surface area (Å²) in [4.78, 5) is 17.1. The molecular formula is C19H25N5O. The minimum atomic E-state index is 0.241. The Morgan fingerprint density at radius 2 is 1.72 bits per heavy atom. The van der Waals surface area contributed by atoms with Crippen molar-refractivity contribution in [3.05, 3.63) is 48.0 Å². The second-order valence-electron chi connectivity index (χ2n) is 7.05. The number of hydrogen-bond acceptors (Lipinski definition) is 4. The lowest BCUT2D eigenvalue weighted by Gasteiger charge is -2.27. The van der Waals surface area contributed by atoms with Crippen molar-refractivity contribution < 1.29 is 4.79 Å². The zero-order chi connectivity index (χ0) is 17.1. The summed E-state index contributed by atoms with van der Waals surface area (Å²) in [5.41, 5.74) is 3.00. The van der Waals surface area contributed by atoms with E-state index < -0.39 is 0 Å². The maximum atomic E-state index is 12.5. The Morgan fingerprint density at radius 1 is 1.00 bits per heavy atom. The number of aryl methyl sites for hydroxylation is 1. The highest BCUT2D eigenvalue weighted by molar-refractivity contribution is 5.76. The van der Waals surface area contributed by atoms with Crippen LogP contribution in [0, 0.1) is 0 Å². The third kappa shape index (κ3) is 3.74. The largest absolute Gasteiger partial charge is 0.341 e. The van der Waals surface area contributed by atoms with E-state index in [2.05, 4.69) is 39.4 Å². The van der Waals surface area contributed by atoms with Crippen LogP contribution in [0.2, 0.25) is 0 Å². The number of hydrogen-bond donors (Lipinski definition) is 0. The molecule has 0 spiro atoms. The normalized spacial score (nSPS) is 19.0. The van der Waals surface area contributed by atoms with Gasteiger partial charge in [0.25, 0.3) is 0 Å². The van der Waals surface area contributed by atoms with Crippen molar-refractivity contribution in [3.8, 4) is 0 Å². The minimum absolute atomic E-state index is 0.241. The van der Waals surface area contributed by atoms with Gasteiger partial charge in [-0.2, -0.15) is 0 Å². The highest BCUT2D eigenvalue weighted by Gasteiger charge is 2.28. The molecule has 25 heavy (non-hydrogen) atoms. The topological polar surface area (TPSA) is 54.3 Å². The fourth-order valence-electron chi connectivity index (χ4n) is 4.07. The third-order valence-electron chi connectivity index (χ3n) is 5.48. The van der Waals surface area contributed by atoms with Crippen LogP contribution in [-0.4, -0.2) is 62.7 Å². The van der Waals surface area contributed by atoms with Gasteiger partial charge < -0.3 is 9.47 Å². The summed E-state index contributed by atoms with van der Waals surface area (Å²) in [5, 5.41) is 7.56. The van der Waals surface area contributed by atoms with Crippen LogP contribution in [0.3, 0.4) is 0 Å². The first-order chi connectivity index (χ1) is 12.3. The van der Waals surface area contributed by atoms with E-state index in [1.165, 1.54) is 11.1 Å². The van der Waals surface area contributed by atoms with Gasteiger partial charge in [0.2, 0.25) is 5.91 Å². The predicted octanol–water partition coefficient (Wildman–Crippen LogP) is 1.37. The molecule has 132 valence electrons. The molecule has 0 bridgehead atoms. The first-order valence-corrected chi connectivity index (χ1v) is 9.20. The van der Waals surface area contributed by atoms with Gasteiger partial charge in [-0.05, 0) is 30.4 Å². The summed E-state index contributed by atoms with van der Waals surface area (Å²) >= 11 is 0. The molecule has 0 radical (unpaired) electrons. The third-order valence-corrected chi connectivity index (χ3v) is 5.48. The number of aromatic nitrogens is 3. The summed E-state index contributed by atoms with van der Waals surface area (Å²) in [6.07, 6.45) is 7.21. The first kappa shape index (κ1) is 16.3. The highest BCUT2D eigenvalue weighted by atomic mass is 16.2. The van der Waals surface area contributed by atoms with E-state index in [9.17, 15) is 4.79 Å². The van der Waals surface area contributed by atoms with Crippen LogP contribution in [0.4, 0.5) is 0 Å². The van der Waals surface area contributed by atoms with Gasteiger partial charge in [0.1, 0.15) is 12.7 Å². The molecule has 0 saturated carbocycles. The van der Waals surface area contributed by atoms with Crippen LogP contribution in [0.5, 0.6) is 0 Å². The van der Waals surface area contributed by atoms with Gasteiger partial charge in [-0.3, -0.25) is 9.69 Å². The van der Waals surface area contributed by atoms with Crippen molar-refractivity contribution in [1.29, 1.82) is 0 Å². The van der Waals surface area contributed by atoms with E-state index in [0.29, 0.717) is 19.0 Å². The second-order valence-corrected chi connectivity index (χ2v) is 7.05.